The number of nitrogens with zero attached hydrogens (tertiary/aromatic N) is 4. The van der Waals surface area contributed by atoms with Crippen LogP contribution in [0.5, 0.6) is 0 Å². The third kappa shape index (κ3) is 2.08. The van der Waals surface area contributed by atoms with Gasteiger partial charge in [-0.05, 0) is 0 Å². The molecule has 0 bridgehead atoms. The van der Waals surface area contributed by atoms with E-state index in [1.165, 1.54) is 13.1 Å². The fourth-order valence-electron chi connectivity index (χ4n) is 2.95. The molecule has 0 radical (unpaired) electrons. The van der Waals surface area contributed by atoms with Crippen molar-refractivity contribution in [2.24, 2.45) is 11.8 Å². The van der Waals surface area contributed by atoms with Gasteiger partial charge < -0.3 is 0 Å². The number of rotatable bonds is 1. The zero-order valence-corrected chi connectivity index (χ0v) is 17.7. The standard InChI is InChI=1S/C10H14N5.Ra.H/c11-10-13-2-1-9(14-10)15-5-7-3-12-4-8(7)6-15;;/h1-2,7-8H,3-6H2,(H2,11,13,14);;/q-1;+1;. The molecule has 82 valence electrons. The Bertz CT molecular complexity index is 385. The van der Waals surface area contributed by atoms with Crippen molar-refractivity contribution in [1.29, 1.82) is 0 Å². The van der Waals surface area contributed by atoms with Crippen molar-refractivity contribution in [3.05, 3.63) is 12.3 Å². The summed E-state index contributed by atoms with van der Waals surface area (Å²) in [5.74, 6) is 3.07. The summed E-state index contributed by atoms with van der Waals surface area (Å²) in [5, 5.41) is 0. The van der Waals surface area contributed by atoms with Crippen LogP contribution in [0.3, 0.4) is 0 Å². The number of anilines is 2. The van der Waals surface area contributed by atoms with Gasteiger partial charge in [-0.2, -0.15) is 0 Å². The molecule has 3 heterocycles. The summed E-state index contributed by atoms with van der Waals surface area (Å²) in [6.07, 6.45) is 1.75. The normalized spacial score (nSPS) is 29.6. The summed E-state index contributed by atoms with van der Waals surface area (Å²) in [6.45, 7) is 4.90. The molecule has 0 spiro atoms. The number of hydrogen-bond donors (Lipinski definition) is 1. The van der Waals surface area contributed by atoms with Crippen molar-refractivity contribution in [3.8, 4) is 0 Å². The summed E-state index contributed by atoms with van der Waals surface area (Å²) < 4.78 is 2.65. The molecule has 2 aliphatic rings. The molecule has 0 aliphatic carbocycles. The molecular weight excluding hydrogens is 416 g/mol. The van der Waals surface area contributed by atoms with Crippen LogP contribution < -0.4 is 10.6 Å². The minimum absolute atomic E-state index is 0.379. The monoisotopic (exact) mass is 431 g/mol. The van der Waals surface area contributed by atoms with Crippen molar-refractivity contribution in [3.63, 3.8) is 0 Å². The van der Waals surface area contributed by atoms with Gasteiger partial charge in [0.15, 0.2) is 0 Å². The Hall–Kier alpha value is 0.108. The molecule has 2 atom stereocenters. The SMILES string of the molecule is Nc1nccc(N2CC3C[N]([RaH])CC3C2)n1. The predicted molar refractivity (Wildman–Crippen MR) is 58.6 cm³/mol. The van der Waals surface area contributed by atoms with E-state index >= 15 is 0 Å². The summed E-state index contributed by atoms with van der Waals surface area (Å²) >= 11 is 0.545. The van der Waals surface area contributed by atoms with Crippen molar-refractivity contribution in [2.45, 2.75) is 0 Å². The van der Waals surface area contributed by atoms with Crippen LogP contribution >= 0.6 is 0 Å². The maximum atomic E-state index is 5.62. The first-order valence-electron chi connectivity index (χ1n) is 5.74. The fourth-order valence-corrected chi connectivity index (χ4v) is 6.81. The van der Waals surface area contributed by atoms with Gasteiger partial charge in [-0.1, -0.05) is 0 Å². The van der Waals surface area contributed by atoms with Crippen LogP contribution in [0.4, 0.5) is 11.8 Å². The molecule has 1 aromatic heterocycles. The average molecular weight is 431 g/mol. The van der Waals surface area contributed by atoms with Gasteiger partial charge in [0.2, 0.25) is 0 Å². The van der Waals surface area contributed by atoms with Crippen LogP contribution in [0.25, 0.3) is 0 Å². The van der Waals surface area contributed by atoms with E-state index in [1.807, 2.05) is 6.07 Å². The molecule has 16 heavy (non-hydrogen) atoms. The Kier molecular flexibility index (Phi) is 3.09. The molecule has 2 aliphatic heterocycles. The topological polar surface area (TPSA) is 58.3 Å². The second-order valence-electron chi connectivity index (χ2n) is 4.92. The molecule has 2 N–H and O–H groups in total. The predicted octanol–water partition coefficient (Wildman–Crippen LogP) is -0.377. The number of aromatic nitrogens is 2. The second-order valence-corrected chi connectivity index (χ2v) is 10.1. The average Bonchev–Trinajstić information content (AvgIpc) is 2.74. The van der Waals surface area contributed by atoms with Crippen molar-refractivity contribution >= 4 is 11.8 Å². The Morgan fingerprint density at radius 2 is 1.94 bits per heavy atom. The summed E-state index contributed by atoms with van der Waals surface area (Å²) in [6, 6.07) is 1.96. The number of fused-ring (bicyclic) bond motifs is 1. The minimum atomic E-state index is 0.379. The first-order chi connectivity index (χ1) is 7.72. The van der Waals surface area contributed by atoms with Crippen molar-refractivity contribution < 1.29 is 43.2 Å². The Balaban J connectivity index is 1.75. The fraction of sp³-hybridized carbons (Fsp3) is 0.600. The molecule has 0 aromatic carbocycles. The molecule has 5 nitrogen and oxygen atoms in total. The van der Waals surface area contributed by atoms with Gasteiger partial charge in [-0.25, -0.2) is 0 Å². The molecule has 2 saturated heterocycles. The van der Waals surface area contributed by atoms with Gasteiger partial charge in [0.1, 0.15) is 0 Å². The molecule has 0 amide bonds. The van der Waals surface area contributed by atoms with Crippen LogP contribution in [-0.4, -0.2) is 36.6 Å². The quantitative estimate of drug-likeness (QED) is 0.658. The van der Waals surface area contributed by atoms with Crippen LogP contribution in [0, 0.1) is 55.0 Å². The summed E-state index contributed by atoms with van der Waals surface area (Å²) in [4.78, 5) is 10.6. The van der Waals surface area contributed by atoms with Crippen LogP contribution in [-0.2, 0) is 0 Å². The third-order valence-electron chi connectivity index (χ3n) is 3.65. The summed E-state index contributed by atoms with van der Waals surface area (Å²) in [7, 11) is 0. The van der Waals surface area contributed by atoms with E-state index in [4.69, 9.17) is 5.73 Å². The van der Waals surface area contributed by atoms with E-state index in [-0.39, 0.29) is 0 Å². The Morgan fingerprint density at radius 1 is 1.25 bits per heavy atom. The van der Waals surface area contributed by atoms with Crippen LogP contribution in [0.1, 0.15) is 0 Å². The first-order valence-corrected chi connectivity index (χ1v) is 9.42. The second kappa shape index (κ2) is 4.41. The van der Waals surface area contributed by atoms with Crippen molar-refractivity contribution in [1.82, 2.24) is 10.4 Å². The van der Waals surface area contributed by atoms with E-state index in [9.17, 15) is 0 Å². The molecule has 2 fully saturated rings. The molecule has 2 unspecified atom stereocenters. The van der Waals surface area contributed by atoms with E-state index in [1.54, 1.807) is 6.20 Å². The third-order valence-corrected chi connectivity index (χ3v) is 6.65. The van der Waals surface area contributed by atoms with Crippen LogP contribution in [0.2, 0.25) is 0 Å². The molecule has 0 saturated carbocycles. The zero-order valence-electron chi connectivity index (χ0n) is 9.50. The van der Waals surface area contributed by atoms with Crippen molar-refractivity contribution in [2.75, 3.05) is 36.8 Å². The number of nitrogen functional groups attached to an aromatic ring is 1. The first kappa shape index (κ1) is 11.2. The maximum absolute atomic E-state index is 5.62. The van der Waals surface area contributed by atoms with E-state index in [2.05, 4.69) is 15.3 Å². The molecular formula is C10H15N5Ra. The summed E-state index contributed by atoms with van der Waals surface area (Å²) in [5.41, 5.74) is 5.62. The van der Waals surface area contributed by atoms with Gasteiger partial charge >= 0.3 is 126 Å². The van der Waals surface area contributed by atoms with Gasteiger partial charge in [-0.15, -0.1) is 0 Å². The molecule has 1 aromatic rings. The Labute approximate surface area is 125 Å². The van der Waals surface area contributed by atoms with Gasteiger partial charge in [-0.3, -0.25) is 0 Å². The van der Waals surface area contributed by atoms with E-state index < -0.39 is 0 Å². The number of hydrogen-bond acceptors (Lipinski definition) is 5. The molecule has 3 rings (SSSR count). The van der Waals surface area contributed by atoms with Gasteiger partial charge in [0.25, 0.3) is 0 Å². The van der Waals surface area contributed by atoms with E-state index in [0.717, 1.165) is 30.7 Å². The zero-order chi connectivity index (χ0) is 11.1. The van der Waals surface area contributed by atoms with Gasteiger partial charge in [0, 0.05) is 0 Å². The van der Waals surface area contributed by atoms with Gasteiger partial charge in [0.05, 0.1) is 0 Å². The number of nitrogens with two attached hydrogens (primary N) is 1. The Morgan fingerprint density at radius 3 is 2.56 bits per heavy atom. The molecule has 6 heteroatoms. The van der Waals surface area contributed by atoms with E-state index in [0.29, 0.717) is 49.2 Å². The van der Waals surface area contributed by atoms with Crippen LogP contribution in [0.15, 0.2) is 12.3 Å².